The first-order valence-electron chi connectivity index (χ1n) is 22.5. The summed E-state index contributed by atoms with van der Waals surface area (Å²) in [7, 11) is -9.74. The lowest BCUT2D eigenvalue weighted by Crippen LogP contribution is -2.29. The number of aliphatic hydroxyl groups is 1. The summed E-state index contributed by atoms with van der Waals surface area (Å²) < 4.78 is 47.7. The molecule has 0 aromatic carbocycles. The van der Waals surface area contributed by atoms with Gasteiger partial charge in [-0.15, -0.1) is 0 Å². The molecule has 14 nitrogen and oxygen atoms in total. The van der Waals surface area contributed by atoms with E-state index < -0.39 is 66.2 Å². The SMILES string of the molecule is CC/C=C\C/C=C\C/C=C\C/C=C\C/C=C\CCCCCC(=O)OC[C@H](COP(=O)(O)OC[C@@H](O)COP(=O)(O)O)OC(=O)CCC/C=C\C/C=C\C/C=C\C=C\C(=O)CCCCC. The Morgan fingerprint density at radius 2 is 1.02 bits per heavy atom. The highest BCUT2D eigenvalue weighted by molar-refractivity contribution is 7.47. The maximum Gasteiger partial charge on any atom is 0.472 e. The molecule has 0 amide bonds. The van der Waals surface area contributed by atoms with Gasteiger partial charge in [0, 0.05) is 19.3 Å². The van der Waals surface area contributed by atoms with Gasteiger partial charge in [0.05, 0.1) is 19.8 Å². The second kappa shape index (κ2) is 42.1. The van der Waals surface area contributed by atoms with Crippen molar-refractivity contribution in [2.24, 2.45) is 0 Å². The summed E-state index contributed by atoms with van der Waals surface area (Å²) in [6.07, 6.45) is 47.8. The first-order chi connectivity index (χ1) is 30.8. The van der Waals surface area contributed by atoms with E-state index in [1.165, 1.54) is 0 Å². The van der Waals surface area contributed by atoms with Crippen molar-refractivity contribution in [3.8, 4) is 0 Å². The molecule has 0 saturated heterocycles. The number of hydrogen-bond acceptors (Lipinski definition) is 11. The van der Waals surface area contributed by atoms with Crippen LogP contribution in [0.3, 0.4) is 0 Å². The molecule has 0 heterocycles. The normalized spacial score (nSPS) is 14.8. The van der Waals surface area contributed by atoms with Crippen LogP contribution in [0.5, 0.6) is 0 Å². The molecule has 0 aromatic rings. The summed E-state index contributed by atoms with van der Waals surface area (Å²) in [5.41, 5.74) is 0. The van der Waals surface area contributed by atoms with E-state index >= 15 is 0 Å². The molecule has 64 heavy (non-hydrogen) atoms. The molecular formula is C48H76O14P2. The van der Waals surface area contributed by atoms with E-state index in [1.807, 2.05) is 36.5 Å². The van der Waals surface area contributed by atoms with Gasteiger partial charge in [-0.1, -0.05) is 136 Å². The molecule has 1 unspecified atom stereocenters. The molecule has 3 atom stereocenters. The van der Waals surface area contributed by atoms with Crippen LogP contribution in [0.25, 0.3) is 0 Å². The third-order valence-corrected chi connectivity index (χ3v) is 10.0. The Kier molecular flexibility index (Phi) is 39.8. The van der Waals surface area contributed by atoms with Crippen molar-refractivity contribution < 1.29 is 66.3 Å². The van der Waals surface area contributed by atoms with Gasteiger partial charge in [-0.3, -0.25) is 28.0 Å². The quantitative estimate of drug-likeness (QED) is 0.0112. The van der Waals surface area contributed by atoms with Gasteiger partial charge in [-0.2, -0.15) is 0 Å². The van der Waals surface area contributed by atoms with Gasteiger partial charge in [0.15, 0.2) is 11.9 Å². The second-order valence-electron chi connectivity index (χ2n) is 14.6. The van der Waals surface area contributed by atoms with Gasteiger partial charge in [-0.05, 0) is 89.5 Å². The van der Waals surface area contributed by atoms with Crippen molar-refractivity contribution in [3.63, 3.8) is 0 Å². The predicted molar refractivity (Wildman–Crippen MR) is 253 cm³/mol. The molecular weight excluding hydrogens is 862 g/mol. The number of hydrogen-bond donors (Lipinski definition) is 4. The van der Waals surface area contributed by atoms with Crippen molar-refractivity contribution in [2.75, 3.05) is 26.4 Å². The topological polar surface area (TPSA) is 212 Å². The highest BCUT2D eigenvalue weighted by Crippen LogP contribution is 2.43. The minimum atomic E-state index is -4.89. The summed E-state index contributed by atoms with van der Waals surface area (Å²) in [5, 5.41) is 9.75. The van der Waals surface area contributed by atoms with Crippen LogP contribution in [0.15, 0.2) is 109 Å². The number of carbonyl (C=O) groups excluding carboxylic acids is 3. The van der Waals surface area contributed by atoms with Gasteiger partial charge >= 0.3 is 27.6 Å². The molecule has 0 fully saturated rings. The smallest absolute Gasteiger partial charge is 0.462 e. The lowest BCUT2D eigenvalue weighted by Gasteiger charge is -2.20. The molecule has 362 valence electrons. The number of unbranched alkanes of at least 4 members (excludes halogenated alkanes) is 6. The van der Waals surface area contributed by atoms with Crippen molar-refractivity contribution in [1.29, 1.82) is 0 Å². The lowest BCUT2D eigenvalue weighted by molar-refractivity contribution is -0.161. The number of allylic oxidation sites excluding steroid dienone is 18. The Balaban J connectivity index is 4.71. The maximum atomic E-state index is 12.7. The zero-order valence-electron chi connectivity index (χ0n) is 38.1. The van der Waals surface area contributed by atoms with Gasteiger partial charge in [-0.25, -0.2) is 9.13 Å². The Morgan fingerprint density at radius 1 is 0.516 bits per heavy atom. The van der Waals surface area contributed by atoms with Crippen LogP contribution < -0.4 is 0 Å². The zero-order valence-corrected chi connectivity index (χ0v) is 39.9. The fourth-order valence-corrected chi connectivity index (χ4v) is 6.36. The summed E-state index contributed by atoms with van der Waals surface area (Å²) in [6.45, 7) is 1.35. The van der Waals surface area contributed by atoms with Crippen molar-refractivity contribution >= 4 is 33.4 Å². The van der Waals surface area contributed by atoms with Crippen LogP contribution in [-0.4, -0.2) is 76.1 Å². The minimum Gasteiger partial charge on any atom is -0.462 e. The Bertz CT molecular complexity index is 1600. The molecule has 0 rings (SSSR count). The number of rotatable bonds is 41. The molecule has 16 heteroatoms. The van der Waals surface area contributed by atoms with Crippen LogP contribution in [0, 0.1) is 0 Å². The second-order valence-corrected chi connectivity index (χ2v) is 17.3. The van der Waals surface area contributed by atoms with Crippen LogP contribution in [-0.2, 0) is 46.6 Å². The summed E-state index contributed by atoms with van der Waals surface area (Å²) in [4.78, 5) is 64.5. The number of phosphoric acid groups is 2. The first kappa shape index (κ1) is 60.5. The number of ether oxygens (including phenoxy) is 2. The molecule has 0 aliphatic heterocycles. The predicted octanol–water partition coefficient (Wildman–Crippen LogP) is 11.1. The Labute approximate surface area is 382 Å². The average molecular weight is 939 g/mol. The minimum absolute atomic E-state index is 0.0149. The highest BCUT2D eigenvalue weighted by atomic mass is 31.2. The van der Waals surface area contributed by atoms with E-state index in [4.69, 9.17) is 23.8 Å². The molecule has 4 N–H and O–H groups in total. The van der Waals surface area contributed by atoms with E-state index in [1.54, 1.807) is 12.2 Å². The fourth-order valence-electron chi connectivity index (χ4n) is 5.20. The lowest BCUT2D eigenvalue weighted by atomic mass is 10.1. The van der Waals surface area contributed by atoms with E-state index in [-0.39, 0.29) is 18.6 Å². The van der Waals surface area contributed by atoms with Crippen LogP contribution in [0.1, 0.15) is 136 Å². The van der Waals surface area contributed by atoms with Crippen LogP contribution >= 0.6 is 15.6 Å². The number of esters is 2. The monoisotopic (exact) mass is 938 g/mol. The molecule has 0 aliphatic rings. The molecule has 0 aromatic heterocycles. The summed E-state index contributed by atoms with van der Waals surface area (Å²) in [6, 6.07) is 0. The van der Waals surface area contributed by atoms with Gasteiger partial charge < -0.3 is 29.3 Å². The van der Waals surface area contributed by atoms with E-state index in [2.05, 4.69) is 83.7 Å². The van der Waals surface area contributed by atoms with Crippen LogP contribution in [0.4, 0.5) is 0 Å². The number of phosphoric ester groups is 2. The molecule has 0 spiro atoms. The zero-order chi connectivity index (χ0) is 47.4. The fraction of sp³-hybridized carbons (Fsp3) is 0.562. The third-order valence-electron chi connectivity index (χ3n) is 8.61. The Morgan fingerprint density at radius 3 is 1.59 bits per heavy atom. The van der Waals surface area contributed by atoms with E-state index in [0.29, 0.717) is 32.1 Å². The Hall–Kier alpha value is -3.55. The van der Waals surface area contributed by atoms with Gasteiger partial charge in [0.2, 0.25) is 0 Å². The summed E-state index contributed by atoms with van der Waals surface area (Å²) in [5.74, 6) is -1.04. The maximum absolute atomic E-state index is 12.7. The standard InChI is InChI=1S/C48H76O14P2/c1-3-5-7-8-9-10-11-12-13-14-15-16-17-18-21-24-27-30-34-38-47(51)58-42-46(43-61-64(56,57)60-41-45(50)40-59-63(53,54)55)62-48(52)39-35-31-28-25-22-19-20-23-26-29-33-37-44(49)36-32-6-4-2/h5,7,9-10,12-13,15-16,18-21,25-26,28-29,33,37,45-46,50H,3-4,6,8,11,14,17,22-24,27,30-32,34-36,38-43H2,1-2H3,(H,56,57)(H2,53,54,55)/b7-5-,10-9-,13-12-,16-15-,20-19-,21-18-,28-25-,29-26-,37-33+/t45-,46+/m0/s1. The van der Waals surface area contributed by atoms with Crippen LogP contribution in [0.2, 0.25) is 0 Å². The van der Waals surface area contributed by atoms with Crippen molar-refractivity contribution in [2.45, 2.75) is 148 Å². The van der Waals surface area contributed by atoms with E-state index in [0.717, 1.165) is 77.0 Å². The number of carbonyl (C=O) groups is 3. The molecule has 0 aliphatic carbocycles. The largest absolute Gasteiger partial charge is 0.472 e. The van der Waals surface area contributed by atoms with Gasteiger partial charge in [0.1, 0.15) is 12.7 Å². The van der Waals surface area contributed by atoms with Gasteiger partial charge in [0.25, 0.3) is 0 Å². The average Bonchev–Trinajstić information content (AvgIpc) is 3.25. The van der Waals surface area contributed by atoms with Crippen molar-refractivity contribution in [1.82, 2.24) is 0 Å². The third kappa shape index (κ3) is 45.0. The van der Waals surface area contributed by atoms with Crippen molar-refractivity contribution in [3.05, 3.63) is 109 Å². The highest BCUT2D eigenvalue weighted by Gasteiger charge is 2.28. The molecule has 0 saturated carbocycles. The number of ketones is 1. The summed E-state index contributed by atoms with van der Waals surface area (Å²) >= 11 is 0. The first-order valence-corrected chi connectivity index (χ1v) is 25.6. The molecule has 0 bridgehead atoms. The number of aliphatic hydroxyl groups excluding tert-OH is 1. The van der Waals surface area contributed by atoms with E-state index in [9.17, 15) is 33.5 Å². The molecule has 0 radical (unpaired) electrons.